The molecule has 1 saturated carbocycles. The number of nitrogens with one attached hydrogen (secondary N) is 1. The summed E-state index contributed by atoms with van der Waals surface area (Å²) in [6, 6.07) is 0. The molecule has 1 aliphatic rings. The average molecular weight is 193 g/mol. The summed E-state index contributed by atoms with van der Waals surface area (Å²) in [5, 5.41) is 7.11. The SMILES string of the molecule is Cc1c(N)n[nH]c1[C@@H]1C[C@H]1CC(C)C. The van der Waals surface area contributed by atoms with E-state index in [1.165, 1.54) is 18.5 Å². The molecule has 3 nitrogen and oxygen atoms in total. The molecule has 0 radical (unpaired) electrons. The highest BCUT2D eigenvalue weighted by Crippen LogP contribution is 2.51. The van der Waals surface area contributed by atoms with Crippen LogP contribution in [0.1, 0.15) is 43.9 Å². The molecule has 3 heteroatoms. The average Bonchev–Trinajstić information content (AvgIpc) is 2.75. The van der Waals surface area contributed by atoms with Crippen LogP contribution in [-0.4, -0.2) is 10.2 Å². The van der Waals surface area contributed by atoms with Gasteiger partial charge < -0.3 is 5.73 Å². The number of aromatic nitrogens is 2. The van der Waals surface area contributed by atoms with E-state index in [2.05, 4.69) is 31.0 Å². The highest BCUT2D eigenvalue weighted by Gasteiger charge is 2.40. The molecule has 0 aliphatic heterocycles. The fourth-order valence-electron chi connectivity index (χ4n) is 2.25. The quantitative estimate of drug-likeness (QED) is 0.774. The largest absolute Gasteiger partial charge is 0.382 e. The van der Waals surface area contributed by atoms with Crippen LogP contribution in [0.25, 0.3) is 0 Å². The molecule has 1 heterocycles. The maximum atomic E-state index is 5.71. The van der Waals surface area contributed by atoms with E-state index in [4.69, 9.17) is 5.73 Å². The number of nitrogens with two attached hydrogens (primary N) is 1. The Labute approximate surface area is 85.1 Å². The Balaban J connectivity index is 2.02. The third kappa shape index (κ3) is 1.63. The highest BCUT2D eigenvalue weighted by atomic mass is 15.2. The van der Waals surface area contributed by atoms with Crippen molar-refractivity contribution in [2.45, 2.75) is 39.5 Å². The fourth-order valence-corrected chi connectivity index (χ4v) is 2.25. The van der Waals surface area contributed by atoms with Gasteiger partial charge >= 0.3 is 0 Å². The summed E-state index contributed by atoms with van der Waals surface area (Å²) in [7, 11) is 0. The zero-order valence-electron chi connectivity index (χ0n) is 9.17. The van der Waals surface area contributed by atoms with Crippen molar-refractivity contribution in [1.29, 1.82) is 0 Å². The van der Waals surface area contributed by atoms with Gasteiger partial charge in [-0.3, -0.25) is 5.10 Å². The molecule has 0 aromatic carbocycles. The first kappa shape index (κ1) is 9.56. The van der Waals surface area contributed by atoms with E-state index in [9.17, 15) is 0 Å². The van der Waals surface area contributed by atoms with Gasteiger partial charge in [0.15, 0.2) is 0 Å². The van der Waals surface area contributed by atoms with Gasteiger partial charge in [-0.05, 0) is 31.6 Å². The molecule has 1 fully saturated rings. The molecular weight excluding hydrogens is 174 g/mol. The van der Waals surface area contributed by atoms with Crippen LogP contribution in [0, 0.1) is 18.8 Å². The fraction of sp³-hybridized carbons (Fsp3) is 0.727. The van der Waals surface area contributed by atoms with Crippen LogP contribution < -0.4 is 5.73 Å². The molecule has 3 N–H and O–H groups in total. The number of rotatable bonds is 3. The van der Waals surface area contributed by atoms with Crippen molar-refractivity contribution in [3.63, 3.8) is 0 Å². The Morgan fingerprint density at radius 1 is 1.57 bits per heavy atom. The van der Waals surface area contributed by atoms with Gasteiger partial charge in [0.25, 0.3) is 0 Å². The lowest BCUT2D eigenvalue weighted by Crippen LogP contribution is -1.92. The topological polar surface area (TPSA) is 54.7 Å². The minimum absolute atomic E-state index is 0.662. The van der Waals surface area contributed by atoms with Gasteiger partial charge in [0, 0.05) is 17.2 Å². The predicted molar refractivity (Wildman–Crippen MR) is 58.0 cm³/mol. The molecule has 14 heavy (non-hydrogen) atoms. The summed E-state index contributed by atoms with van der Waals surface area (Å²) < 4.78 is 0. The van der Waals surface area contributed by atoms with Crippen LogP contribution in [0.3, 0.4) is 0 Å². The normalized spacial score (nSPS) is 25.7. The highest BCUT2D eigenvalue weighted by molar-refractivity contribution is 5.43. The van der Waals surface area contributed by atoms with E-state index < -0.39 is 0 Å². The number of hydrogen-bond donors (Lipinski definition) is 2. The summed E-state index contributed by atoms with van der Waals surface area (Å²) in [5.74, 6) is 3.01. The standard InChI is InChI=1S/C11H19N3/c1-6(2)4-8-5-9(8)10-7(3)11(12)14-13-10/h6,8-9H,4-5H2,1-3H3,(H3,12,13,14)/t8-,9-/m1/s1. The van der Waals surface area contributed by atoms with Crippen molar-refractivity contribution in [1.82, 2.24) is 10.2 Å². The summed E-state index contributed by atoms with van der Waals surface area (Å²) in [6.45, 7) is 6.62. The lowest BCUT2D eigenvalue weighted by Gasteiger charge is -2.02. The number of anilines is 1. The van der Waals surface area contributed by atoms with Crippen LogP contribution in [0.15, 0.2) is 0 Å². The predicted octanol–water partition coefficient (Wildman–Crippen LogP) is 2.45. The van der Waals surface area contributed by atoms with Crippen molar-refractivity contribution in [2.75, 3.05) is 5.73 Å². The molecule has 2 rings (SSSR count). The summed E-state index contributed by atoms with van der Waals surface area (Å²) in [5.41, 5.74) is 8.14. The van der Waals surface area contributed by atoms with Gasteiger partial charge in [-0.1, -0.05) is 13.8 Å². The Kier molecular flexibility index (Phi) is 2.25. The Morgan fingerprint density at radius 3 is 2.79 bits per heavy atom. The molecule has 0 bridgehead atoms. The third-order valence-electron chi connectivity index (χ3n) is 3.15. The van der Waals surface area contributed by atoms with Crippen LogP contribution in [-0.2, 0) is 0 Å². The van der Waals surface area contributed by atoms with Crippen molar-refractivity contribution in [3.05, 3.63) is 11.3 Å². The van der Waals surface area contributed by atoms with Crippen LogP contribution in [0.5, 0.6) is 0 Å². The second-order valence-electron chi connectivity index (χ2n) is 4.88. The van der Waals surface area contributed by atoms with E-state index in [1.54, 1.807) is 0 Å². The minimum atomic E-state index is 0.662. The first-order chi connectivity index (χ1) is 6.59. The zero-order chi connectivity index (χ0) is 10.3. The summed E-state index contributed by atoms with van der Waals surface area (Å²) >= 11 is 0. The monoisotopic (exact) mass is 193 g/mol. The zero-order valence-corrected chi connectivity index (χ0v) is 9.17. The van der Waals surface area contributed by atoms with Crippen LogP contribution >= 0.6 is 0 Å². The van der Waals surface area contributed by atoms with Crippen LogP contribution in [0.2, 0.25) is 0 Å². The number of H-pyrrole nitrogens is 1. The van der Waals surface area contributed by atoms with Crippen molar-refractivity contribution in [2.24, 2.45) is 11.8 Å². The first-order valence-corrected chi connectivity index (χ1v) is 5.40. The van der Waals surface area contributed by atoms with Gasteiger partial charge in [0.05, 0.1) is 0 Å². The lowest BCUT2D eigenvalue weighted by atomic mass is 10.0. The van der Waals surface area contributed by atoms with Crippen LogP contribution in [0.4, 0.5) is 5.82 Å². The molecule has 1 aromatic rings. The minimum Gasteiger partial charge on any atom is -0.382 e. The lowest BCUT2D eigenvalue weighted by molar-refractivity contribution is 0.530. The second kappa shape index (κ2) is 3.30. The molecule has 78 valence electrons. The van der Waals surface area contributed by atoms with Gasteiger partial charge in [-0.15, -0.1) is 0 Å². The van der Waals surface area contributed by atoms with Gasteiger partial charge in [0.2, 0.25) is 0 Å². The smallest absolute Gasteiger partial charge is 0.148 e. The van der Waals surface area contributed by atoms with Crippen molar-refractivity contribution >= 4 is 5.82 Å². The van der Waals surface area contributed by atoms with Gasteiger partial charge in [0.1, 0.15) is 5.82 Å². The summed E-state index contributed by atoms with van der Waals surface area (Å²) in [6.07, 6.45) is 2.63. The maximum Gasteiger partial charge on any atom is 0.148 e. The van der Waals surface area contributed by atoms with E-state index in [0.717, 1.165) is 17.4 Å². The van der Waals surface area contributed by atoms with Gasteiger partial charge in [-0.25, -0.2) is 0 Å². The van der Waals surface area contributed by atoms with Crippen molar-refractivity contribution < 1.29 is 0 Å². The molecule has 0 saturated heterocycles. The Bertz CT molecular complexity index is 327. The number of aromatic amines is 1. The molecule has 0 spiro atoms. The van der Waals surface area contributed by atoms with E-state index >= 15 is 0 Å². The molecule has 0 amide bonds. The first-order valence-electron chi connectivity index (χ1n) is 5.40. The van der Waals surface area contributed by atoms with E-state index in [-0.39, 0.29) is 0 Å². The van der Waals surface area contributed by atoms with E-state index in [0.29, 0.717) is 11.7 Å². The Morgan fingerprint density at radius 2 is 2.29 bits per heavy atom. The molecule has 0 unspecified atom stereocenters. The molecule has 1 aromatic heterocycles. The molecular formula is C11H19N3. The van der Waals surface area contributed by atoms with E-state index in [1.807, 2.05) is 0 Å². The number of nitrogen functional groups attached to an aromatic ring is 1. The molecule has 2 atom stereocenters. The second-order valence-corrected chi connectivity index (χ2v) is 4.88. The number of hydrogen-bond acceptors (Lipinski definition) is 2. The summed E-state index contributed by atoms with van der Waals surface area (Å²) in [4.78, 5) is 0. The Hall–Kier alpha value is -0.990. The molecule has 1 aliphatic carbocycles. The maximum absolute atomic E-state index is 5.71. The van der Waals surface area contributed by atoms with Crippen molar-refractivity contribution in [3.8, 4) is 0 Å². The van der Waals surface area contributed by atoms with Gasteiger partial charge in [-0.2, -0.15) is 5.10 Å². The third-order valence-corrected chi connectivity index (χ3v) is 3.15. The number of nitrogens with zero attached hydrogens (tertiary/aromatic N) is 1.